The van der Waals surface area contributed by atoms with Crippen LogP contribution in [0.3, 0.4) is 0 Å². The molecule has 0 N–H and O–H groups in total. The second kappa shape index (κ2) is 4.97. The first-order chi connectivity index (χ1) is 10.3. The number of nitrogens with zero attached hydrogens (tertiary/aromatic N) is 4. The van der Waals surface area contributed by atoms with Gasteiger partial charge in [0, 0.05) is 24.3 Å². The van der Waals surface area contributed by atoms with Gasteiger partial charge in [-0.05, 0) is 44.3 Å². The molecular weight excluding hydrogens is 260 g/mol. The Morgan fingerprint density at radius 1 is 1.10 bits per heavy atom. The number of benzene rings is 1. The van der Waals surface area contributed by atoms with Gasteiger partial charge in [-0.1, -0.05) is 18.2 Å². The predicted octanol–water partition coefficient (Wildman–Crippen LogP) is 2.84. The molecule has 3 aromatic rings. The van der Waals surface area contributed by atoms with Gasteiger partial charge in [0.15, 0.2) is 5.65 Å². The van der Waals surface area contributed by atoms with Crippen LogP contribution in [0, 0.1) is 0 Å². The molecule has 1 unspecified atom stereocenters. The quantitative estimate of drug-likeness (QED) is 0.723. The van der Waals surface area contributed by atoms with E-state index in [4.69, 9.17) is 4.98 Å². The Morgan fingerprint density at radius 2 is 1.95 bits per heavy atom. The molecule has 106 valence electrons. The Hall–Kier alpha value is -2.20. The van der Waals surface area contributed by atoms with Crippen LogP contribution in [0.5, 0.6) is 0 Å². The second-order valence-electron chi connectivity index (χ2n) is 5.73. The summed E-state index contributed by atoms with van der Waals surface area (Å²) < 4.78 is 2.22. The topological polar surface area (TPSA) is 34.0 Å². The molecule has 0 bridgehead atoms. The third-order valence-corrected chi connectivity index (χ3v) is 4.21. The number of hydrogen-bond donors (Lipinski definition) is 0. The molecule has 0 saturated carbocycles. The van der Waals surface area contributed by atoms with Gasteiger partial charge in [0.05, 0.1) is 0 Å². The third kappa shape index (κ3) is 2.12. The van der Waals surface area contributed by atoms with Gasteiger partial charge >= 0.3 is 0 Å². The normalized spacial score (nSPS) is 19.4. The lowest BCUT2D eigenvalue weighted by molar-refractivity contribution is 0.409. The minimum atomic E-state index is 0.476. The zero-order valence-corrected chi connectivity index (χ0v) is 12.1. The largest absolute Gasteiger partial charge is 0.306 e. The van der Waals surface area contributed by atoms with E-state index in [1.165, 1.54) is 0 Å². The lowest BCUT2D eigenvalue weighted by atomic mass is 10.1. The van der Waals surface area contributed by atoms with Crippen LogP contribution in [0.4, 0.5) is 0 Å². The smallest absolute Gasteiger partial charge is 0.164 e. The van der Waals surface area contributed by atoms with Crippen molar-refractivity contribution in [2.45, 2.75) is 12.3 Å². The van der Waals surface area contributed by atoms with Crippen LogP contribution in [-0.4, -0.2) is 39.6 Å². The van der Waals surface area contributed by atoms with Crippen LogP contribution < -0.4 is 0 Å². The molecule has 4 heteroatoms. The summed E-state index contributed by atoms with van der Waals surface area (Å²) in [6.07, 6.45) is 3.00. The lowest BCUT2D eigenvalue weighted by Gasteiger charge is -2.13. The number of likely N-dealkylation sites (tertiary alicyclic amines) is 1. The van der Waals surface area contributed by atoms with Crippen molar-refractivity contribution in [3.63, 3.8) is 0 Å². The zero-order chi connectivity index (χ0) is 14.2. The van der Waals surface area contributed by atoms with Crippen molar-refractivity contribution in [3.05, 3.63) is 54.5 Å². The summed E-state index contributed by atoms with van der Waals surface area (Å²) in [6.45, 7) is 2.20. The monoisotopic (exact) mass is 278 g/mol. The van der Waals surface area contributed by atoms with E-state index in [1.54, 1.807) is 0 Å². The summed E-state index contributed by atoms with van der Waals surface area (Å²) in [5, 5.41) is 0. The fourth-order valence-electron chi connectivity index (χ4n) is 3.18. The van der Waals surface area contributed by atoms with Gasteiger partial charge in [0.2, 0.25) is 0 Å². The molecule has 4 rings (SSSR count). The summed E-state index contributed by atoms with van der Waals surface area (Å²) in [7, 11) is 2.17. The molecule has 1 atom stereocenters. The highest BCUT2D eigenvalue weighted by atomic mass is 15.2. The fraction of sp³-hybridized carbons (Fsp3) is 0.294. The van der Waals surface area contributed by atoms with Crippen molar-refractivity contribution in [3.8, 4) is 5.69 Å². The molecule has 0 spiro atoms. The lowest BCUT2D eigenvalue weighted by Crippen LogP contribution is -2.15. The number of rotatable bonds is 2. The first-order valence-electron chi connectivity index (χ1n) is 7.40. The van der Waals surface area contributed by atoms with E-state index >= 15 is 0 Å². The van der Waals surface area contributed by atoms with Gasteiger partial charge < -0.3 is 4.90 Å². The Morgan fingerprint density at radius 3 is 2.71 bits per heavy atom. The van der Waals surface area contributed by atoms with Crippen molar-refractivity contribution in [1.82, 2.24) is 19.4 Å². The molecule has 1 saturated heterocycles. The van der Waals surface area contributed by atoms with Crippen molar-refractivity contribution in [1.29, 1.82) is 0 Å². The number of hydrogen-bond acceptors (Lipinski definition) is 3. The van der Waals surface area contributed by atoms with Crippen LogP contribution in [0.2, 0.25) is 0 Å². The Bertz CT molecular complexity index is 763. The Labute approximate surface area is 124 Å². The first-order valence-corrected chi connectivity index (χ1v) is 7.40. The predicted molar refractivity (Wildman–Crippen MR) is 83.7 cm³/mol. The van der Waals surface area contributed by atoms with E-state index in [9.17, 15) is 0 Å². The summed E-state index contributed by atoms with van der Waals surface area (Å²) in [5.41, 5.74) is 3.07. The van der Waals surface area contributed by atoms with Crippen LogP contribution in [0.25, 0.3) is 16.9 Å². The fourth-order valence-corrected chi connectivity index (χ4v) is 3.18. The molecule has 0 amide bonds. The average molecular weight is 278 g/mol. The third-order valence-electron chi connectivity index (χ3n) is 4.21. The summed E-state index contributed by atoms with van der Waals surface area (Å²) in [5.74, 6) is 1.61. The highest BCUT2D eigenvalue weighted by molar-refractivity contribution is 5.74. The van der Waals surface area contributed by atoms with E-state index in [-0.39, 0.29) is 0 Å². The van der Waals surface area contributed by atoms with E-state index in [0.29, 0.717) is 5.92 Å². The standard InChI is InChI=1S/C17H18N4/c1-20-11-9-13(12-20)16-19-15-8-5-10-18-17(15)21(16)14-6-3-2-4-7-14/h2-8,10,13H,9,11-12H2,1H3. The number of fused-ring (bicyclic) bond motifs is 1. The minimum Gasteiger partial charge on any atom is -0.306 e. The summed E-state index contributed by atoms with van der Waals surface area (Å²) >= 11 is 0. The summed E-state index contributed by atoms with van der Waals surface area (Å²) in [6, 6.07) is 14.4. The van der Waals surface area contributed by atoms with Crippen molar-refractivity contribution in [2.75, 3.05) is 20.1 Å². The van der Waals surface area contributed by atoms with Gasteiger partial charge in [-0.25, -0.2) is 9.97 Å². The molecular formula is C17H18N4. The van der Waals surface area contributed by atoms with Crippen LogP contribution in [0.15, 0.2) is 48.7 Å². The number of aromatic nitrogens is 3. The highest BCUT2D eigenvalue weighted by Gasteiger charge is 2.27. The van der Waals surface area contributed by atoms with E-state index in [2.05, 4.69) is 45.8 Å². The van der Waals surface area contributed by atoms with Crippen LogP contribution in [-0.2, 0) is 0 Å². The van der Waals surface area contributed by atoms with Gasteiger partial charge in [-0.15, -0.1) is 0 Å². The molecule has 3 heterocycles. The molecule has 0 radical (unpaired) electrons. The highest BCUT2D eigenvalue weighted by Crippen LogP contribution is 2.30. The maximum Gasteiger partial charge on any atom is 0.164 e. The number of para-hydroxylation sites is 1. The molecule has 21 heavy (non-hydrogen) atoms. The van der Waals surface area contributed by atoms with Crippen molar-refractivity contribution < 1.29 is 0 Å². The minimum absolute atomic E-state index is 0.476. The van der Waals surface area contributed by atoms with E-state index in [1.807, 2.05) is 24.4 Å². The van der Waals surface area contributed by atoms with E-state index < -0.39 is 0 Å². The number of pyridine rings is 1. The molecule has 0 aliphatic carbocycles. The maximum absolute atomic E-state index is 4.88. The maximum atomic E-state index is 4.88. The number of imidazole rings is 1. The Balaban J connectivity index is 1.93. The molecule has 1 aliphatic rings. The van der Waals surface area contributed by atoms with E-state index in [0.717, 1.165) is 42.2 Å². The molecule has 2 aromatic heterocycles. The Kier molecular flexibility index (Phi) is 2.97. The van der Waals surface area contributed by atoms with Gasteiger partial charge in [-0.2, -0.15) is 0 Å². The average Bonchev–Trinajstić information content (AvgIpc) is 3.11. The molecule has 4 nitrogen and oxygen atoms in total. The zero-order valence-electron chi connectivity index (χ0n) is 12.1. The second-order valence-corrected chi connectivity index (χ2v) is 5.73. The first kappa shape index (κ1) is 12.5. The van der Waals surface area contributed by atoms with Crippen molar-refractivity contribution >= 4 is 11.2 Å². The molecule has 1 aliphatic heterocycles. The SMILES string of the molecule is CN1CCC(c2nc3cccnc3n2-c2ccccc2)C1. The van der Waals surface area contributed by atoms with Gasteiger partial charge in [-0.3, -0.25) is 4.57 Å². The van der Waals surface area contributed by atoms with Crippen LogP contribution >= 0.6 is 0 Å². The number of likely N-dealkylation sites (N-methyl/N-ethyl adjacent to an activating group) is 1. The summed E-state index contributed by atoms with van der Waals surface area (Å²) in [4.78, 5) is 11.8. The molecule has 1 fully saturated rings. The van der Waals surface area contributed by atoms with Crippen molar-refractivity contribution in [2.24, 2.45) is 0 Å². The van der Waals surface area contributed by atoms with Crippen LogP contribution in [0.1, 0.15) is 18.2 Å². The van der Waals surface area contributed by atoms with Gasteiger partial charge in [0.25, 0.3) is 0 Å². The molecule has 1 aromatic carbocycles. The van der Waals surface area contributed by atoms with Gasteiger partial charge in [0.1, 0.15) is 11.3 Å².